The number of ether oxygens (including phenoxy) is 3. The molecular weight excluding hydrogens is 276 g/mol. The monoisotopic (exact) mass is 298 g/mol. The van der Waals surface area contributed by atoms with Gasteiger partial charge >= 0.3 is 0 Å². The zero-order valence-electron chi connectivity index (χ0n) is 13.0. The van der Waals surface area contributed by atoms with Crippen LogP contribution in [0, 0.1) is 0 Å². The summed E-state index contributed by atoms with van der Waals surface area (Å²) in [5.74, 6) is 0.886. The maximum Gasteiger partial charge on any atom is 0.157 e. The minimum atomic E-state index is -0.0255. The van der Waals surface area contributed by atoms with Crippen molar-refractivity contribution >= 4 is 16.8 Å². The highest BCUT2D eigenvalue weighted by Crippen LogP contribution is 2.22. The van der Waals surface area contributed by atoms with Crippen molar-refractivity contribution in [2.75, 3.05) is 20.3 Å². The van der Waals surface area contributed by atoms with Crippen molar-refractivity contribution in [1.29, 1.82) is 0 Å². The third-order valence-electron chi connectivity index (χ3n) is 3.90. The first-order chi connectivity index (χ1) is 10.8. The van der Waals surface area contributed by atoms with Gasteiger partial charge in [-0.2, -0.15) is 0 Å². The molecule has 0 spiro atoms. The molecular formula is C19H22O3. The van der Waals surface area contributed by atoms with Gasteiger partial charge in [-0.05, 0) is 53.8 Å². The Morgan fingerprint density at radius 3 is 2.82 bits per heavy atom. The van der Waals surface area contributed by atoms with E-state index < -0.39 is 0 Å². The SMILES string of the molecule is COc1ccc2cc(/C=C/COC3CCCCO3)ccc2c1. The Hall–Kier alpha value is -1.84. The van der Waals surface area contributed by atoms with Gasteiger partial charge in [0.15, 0.2) is 6.29 Å². The normalized spacial score (nSPS) is 18.9. The van der Waals surface area contributed by atoms with Crippen LogP contribution in [0.25, 0.3) is 16.8 Å². The van der Waals surface area contributed by atoms with Crippen molar-refractivity contribution in [3.63, 3.8) is 0 Å². The molecule has 1 aliphatic rings. The molecule has 2 aromatic carbocycles. The summed E-state index contributed by atoms with van der Waals surface area (Å²) in [6.45, 7) is 1.41. The van der Waals surface area contributed by atoms with E-state index >= 15 is 0 Å². The molecule has 1 saturated heterocycles. The van der Waals surface area contributed by atoms with E-state index in [0.717, 1.165) is 25.2 Å². The second kappa shape index (κ2) is 7.43. The van der Waals surface area contributed by atoms with Gasteiger partial charge in [-0.25, -0.2) is 0 Å². The molecule has 3 heteroatoms. The van der Waals surface area contributed by atoms with Gasteiger partial charge in [0.25, 0.3) is 0 Å². The molecule has 1 fully saturated rings. The molecule has 0 aromatic heterocycles. The average molecular weight is 298 g/mol. The van der Waals surface area contributed by atoms with Crippen LogP contribution in [0.2, 0.25) is 0 Å². The van der Waals surface area contributed by atoms with Crippen LogP contribution >= 0.6 is 0 Å². The highest BCUT2D eigenvalue weighted by atomic mass is 16.7. The molecule has 0 amide bonds. The van der Waals surface area contributed by atoms with Gasteiger partial charge in [0, 0.05) is 6.61 Å². The van der Waals surface area contributed by atoms with Crippen molar-refractivity contribution in [2.24, 2.45) is 0 Å². The number of hydrogen-bond donors (Lipinski definition) is 0. The predicted octanol–water partition coefficient (Wildman–Crippen LogP) is 4.40. The lowest BCUT2D eigenvalue weighted by Crippen LogP contribution is -2.22. The lowest BCUT2D eigenvalue weighted by atomic mass is 10.1. The van der Waals surface area contributed by atoms with E-state index in [-0.39, 0.29) is 6.29 Å². The first-order valence-corrected chi connectivity index (χ1v) is 7.83. The van der Waals surface area contributed by atoms with Crippen LogP contribution < -0.4 is 4.74 Å². The topological polar surface area (TPSA) is 27.7 Å². The molecule has 3 rings (SSSR count). The fourth-order valence-electron chi connectivity index (χ4n) is 2.66. The molecule has 2 aromatic rings. The van der Waals surface area contributed by atoms with E-state index in [9.17, 15) is 0 Å². The second-order valence-corrected chi connectivity index (χ2v) is 5.50. The summed E-state index contributed by atoms with van der Waals surface area (Å²) < 4.78 is 16.5. The largest absolute Gasteiger partial charge is 0.497 e. The quantitative estimate of drug-likeness (QED) is 0.818. The van der Waals surface area contributed by atoms with Gasteiger partial charge in [-0.15, -0.1) is 0 Å². The van der Waals surface area contributed by atoms with Gasteiger partial charge in [-0.3, -0.25) is 0 Å². The molecule has 116 valence electrons. The van der Waals surface area contributed by atoms with E-state index in [1.807, 2.05) is 18.2 Å². The molecule has 3 nitrogen and oxygen atoms in total. The molecule has 0 bridgehead atoms. The Bertz CT molecular complexity index is 642. The maximum atomic E-state index is 5.70. The van der Waals surface area contributed by atoms with Gasteiger partial charge in [0.05, 0.1) is 13.7 Å². The standard InChI is InChI=1S/C19H22O3/c1-20-18-10-9-16-13-15(7-8-17(16)14-18)5-4-12-22-19-6-2-3-11-21-19/h4-5,7-10,13-14,19H,2-3,6,11-12H2,1H3/b5-4+. The zero-order valence-corrected chi connectivity index (χ0v) is 13.0. The first kappa shape index (κ1) is 15.1. The fraction of sp³-hybridized carbons (Fsp3) is 0.368. The van der Waals surface area contributed by atoms with Crippen LogP contribution in [0.5, 0.6) is 5.75 Å². The smallest absolute Gasteiger partial charge is 0.157 e. The zero-order chi connectivity index (χ0) is 15.2. The summed E-state index contributed by atoms with van der Waals surface area (Å²) in [7, 11) is 1.69. The van der Waals surface area contributed by atoms with Gasteiger partial charge in [0.1, 0.15) is 5.75 Å². The van der Waals surface area contributed by atoms with Crippen molar-refractivity contribution in [2.45, 2.75) is 25.6 Å². The third-order valence-corrected chi connectivity index (χ3v) is 3.90. The van der Waals surface area contributed by atoms with Gasteiger partial charge in [0.2, 0.25) is 0 Å². The summed E-state index contributed by atoms with van der Waals surface area (Å²) >= 11 is 0. The molecule has 0 aliphatic carbocycles. The van der Waals surface area contributed by atoms with Crippen molar-refractivity contribution < 1.29 is 14.2 Å². The number of hydrogen-bond acceptors (Lipinski definition) is 3. The minimum Gasteiger partial charge on any atom is -0.497 e. The molecule has 0 radical (unpaired) electrons. The van der Waals surface area contributed by atoms with Crippen LogP contribution in [-0.4, -0.2) is 26.6 Å². The average Bonchev–Trinajstić information content (AvgIpc) is 2.59. The second-order valence-electron chi connectivity index (χ2n) is 5.50. The Morgan fingerprint density at radius 2 is 2.00 bits per heavy atom. The Balaban J connectivity index is 1.59. The Labute approximate surface area is 131 Å². The third kappa shape index (κ3) is 3.87. The van der Waals surface area contributed by atoms with E-state index in [1.165, 1.54) is 22.8 Å². The molecule has 0 saturated carbocycles. The van der Waals surface area contributed by atoms with Crippen LogP contribution in [0.4, 0.5) is 0 Å². The molecule has 0 N–H and O–H groups in total. The first-order valence-electron chi connectivity index (χ1n) is 7.83. The van der Waals surface area contributed by atoms with Gasteiger partial charge < -0.3 is 14.2 Å². The summed E-state index contributed by atoms with van der Waals surface area (Å²) in [5, 5.41) is 2.39. The Kier molecular flexibility index (Phi) is 5.09. The van der Waals surface area contributed by atoms with Crippen LogP contribution in [0.1, 0.15) is 24.8 Å². The molecule has 1 unspecified atom stereocenters. The fourth-order valence-corrected chi connectivity index (χ4v) is 2.66. The highest BCUT2D eigenvalue weighted by Gasteiger charge is 2.12. The van der Waals surface area contributed by atoms with Crippen molar-refractivity contribution in [3.8, 4) is 5.75 Å². The summed E-state index contributed by atoms with van der Waals surface area (Å²) in [5.41, 5.74) is 1.17. The van der Waals surface area contributed by atoms with E-state index in [2.05, 4.69) is 30.3 Å². The van der Waals surface area contributed by atoms with E-state index in [4.69, 9.17) is 14.2 Å². The predicted molar refractivity (Wildman–Crippen MR) is 89.1 cm³/mol. The number of fused-ring (bicyclic) bond motifs is 1. The molecule has 22 heavy (non-hydrogen) atoms. The molecule has 1 atom stereocenters. The molecule has 1 aliphatic heterocycles. The summed E-state index contributed by atoms with van der Waals surface area (Å²) in [6.07, 6.45) is 7.46. The highest BCUT2D eigenvalue weighted by molar-refractivity contribution is 5.86. The van der Waals surface area contributed by atoms with E-state index in [0.29, 0.717) is 6.61 Å². The lowest BCUT2D eigenvalue weighted by molar-refractivity contribution is -0.155. The number of rotatable bonds is 5. The van der Waals surface area contributed by atoms with E-state index in [1.54, 1.807) is 7.11 Å². The van der Waals surface area contributed by atoms with Crippen molar-refractivity contribution in [1.82, 2.24) is 0 Å². The lowest BCUT2D eigenvalue weighted by Gasteiger charge is -2.21. The van der Waals surface area contributed by atoms with Crippen LogP contribution in [0.15, 0.2) is 42.5 Å². The minimum absolute atomic E-state index is 0.0255. The Morgan fingerprint density at radius 1 is 1.14 bits per heavy atom. The van der Waals surface area contributed by atoms with Gasteiger partial charge in [-0.1, -0.05) is 30.4 Å². The van der Waals surface area contributed by atoms with Crippen molar-refractivity contribution in [3.05, 3.63) is 48.0 Å². The maximum absolute atomic E-state index is 5.70. The van der Waals surface area contributed by atoms with Crippen LogP contribution in [0.3, 0.4) is 0 Å². The van der Waals surface area contributed by atoms with Crippen LogP contribution in [-0.2, 0) is 9.47 Å². The summed E-state index contributed by atoms with van der Waals surface area (Å²) in [6, 6.07) is 12.5. The molecule has 1 heterocycles. The number of methoxy groups -OCH3 is 1. The number of benzene rings is 2. The summed E-state index contributed by atoms with van der Waals surface area (Å²) in [4.78, 5) is 0.